The van der Waals surface area contributed by atoms with Gasteiger partial charge >= 0.3 is 0 Å². The molecular weight excluding hydrogens is 270 g/mol. The van der Waals surface area contributed by atoms with Crippen LogP contribution >= 0.6 is 23.4 Å². The lowest BCUT2D eigenvalue weighted by molar-refractivity contribution is -0.143. The molecule has 1 amide bonds. The van der Waals surface area contributed by atoms with Crippen molar-refractivity contribution in [3.63, 3.8) is 0 Å². The Balaban J connectivity index is 2.05. The summed E-state index contributed by atoms with van der Waals surface area (Å²) in [4.78, 5) is 14.1. The maximum absolute atomic E-state index is 12.3. The Kier molecular flexibility index (Phi) is 4.07. The molecule has 0 bridgehead atoms. The maximum Gasteiger partial charge on any atom is 0.266 e. The van der Waals surface area contributed by atoms with Crippen LogP contribution in [0.1, 0.15) is 13.8 Å². The fraction of sp³-hybridized carbons (Fsp3) is 0.462. The molecule has 0 spiro atoms. The maximum atomic E-state index is 12.3. The van der Waals surface area contributed by atoms with Gasteiger partial charge in [-0.05, 0) is 38.1 Å². The smallest absolute Gasteiger partial charge is 0.266 e. The van der Waals surface area contributed by atoms with Crippen molar-refractivity contribution >= 4 is 29.3 Å². The summed E-state index contributed by atoms with van der Waals surface area (Å²) in [6.45, 7) is 4.40. The lowest BCUT2D eigenvalue weighted by Gasteiger charge is -2.29. The Morgan fingerprint density at radius 1 is 1.39 bits per heavy atom. The SMILES string of the molecule is CC(C)(Oc1ccc(Cl)cc1)C(=O)N1CCSC1. The van der Waals surface area contributed by atoms with Gasteiger partial charge in [-0.3, -0.25) is 4.79 Å². The predicted molar refractivity (Wildman–Crippen MR) is 75.2 cm³/mol. The number of amides is 1. The van der Waals surface area contributed by atoms with E-state index in [0.29, 0.717) is 10.8 Å². The second-order valence-corrected chi connectivity index (χ2v) is 6.18. The van der Waals surface area contributed by atoms with Gasteiger partial charge in [0.15, 0.2) is 5.60 Å². The molecule has 1 aliphatic rings. The van der Waals surface area contributed by atoms with Gasteiger partial charge in [-0.25, -0.2) is 0 Å². The van der Waals surface area contributed by atoms with E-state index >= 15 is 0 Å². The summed E-state index contributed by atoms with van der Waals surface area (Å²) < 4.78 is 5.77. The van der Waals surface area contributed by atoms with Gasteiger partial charge in [-0.2, -0.15) is 0 Å². The van der Waals surface area contributed by atoms with Crippen molar-refractivity contribution in [3.8, 4) is 5.75 Å². The van der Waals surface area contributed by atoms with E-state index in [1.165, 1.54) is 0 Å². The second kappa shape index (κ2) is 5.41. The molecule has 0 radical (unpaired) electrons. The van der Waals surface area contributed by atoms with Crippen LogP contribution in [0, 0.1) is 0 Å². The van der Waals surface area contributed by atoms with E-state index in [2.05, 4.69) is 0 Å². The molecule has 0 saturated carbocycles. The number of carbonyl (C=O) groups is 1. The monoisotopic (exact) mass is 285 g/mol. The highest BCUT2D eigenvalue weighted by Crippen LogP contribution is 2.24. The Labute approximate surface area is 116 Å². The number of nitrogens with zero attached hydrogens (tertiary/aromatic N) is 1. The van der Waals surface area contributed by atoms with E-state index in [0.717, 1.165) is 18.2 Å². The summed E-state index contributed by atoms with van der Waals surface area (Å²) >= 11 is 7.58. The van der Waals surface area contributed by atoms with E-state index in [9.17, 15) is 4.79 Å². The second-order valence-electron chi connectivity index (χ2n) is 4.67. The van der Waals surface area contributed by atoms with Gasteiger partial charge in [0.1, 0.15) is 5.75 Å². The molecule has 3 nitrogen and oxygen atoms in total. The summed E-state index contributed by atoms with van der Waals surface area (Å²) in [5, 5.41) is 0.655. The highest BCUT2D eigenvalue weighted by atomic mass is 35.5. The van der Waals surface area contributed by atoms with Crippen LogP contribution in [-0.2, 0) is 4.79 Å². The predicted octanol–water partition coefficient (Wildman–Crippen LogP) is 3.03. The molecule has 0 N–H and O–H groups in total. The van der Waals surface area contributed by atoms with E-state index in [-0.39, 0.29) is 5.91 Å². The summed E-state index contributed by atoms with van der Waals surface area (Å²) in [7, 11) is 0. The molecule has 2 rings (SSSR count). The van der Waals surface area contributed by atoms with Crippen molar-refractivity contribution in [2.75, 3.05) is 18.2 Å². The molecule has 1 aromatic carbocycles. The minimum absolute atomic E-state index is 0.0300. The van der Waals surface area contributed by atoms with Crippen molar-refractivity contribution in [2.24, 2.45) is 0 Å². The highest BCUT2D eigenvalue weighted by Gasteiger charge is 2.35. The van der Waals surface area contributed by atoms with Gasteiger partial charge in [0.25, 0.3) is 5.91 Å². The topological polar surface area (TPSA) is 29.5 Å². The number of benzene rings is 1. The first-order valence-corrected chi connectivity index (χ1v) is 7.34. The molecular formula is C13H16ClNO2S. The molecule has 18 heavy (non-hydrogen) atoms. The summed E-state index contributed by atoms with van der Waals surface area (Å²) in [6, 6.07) is 7.05. The Bertz CT molecular complexity index is 427. The molecule has 0 unspecified atom stereocenters. The van der Waals surface area contributed by atoms with E-state index in [4.69, 9.17) is 16.3 Å². The molecule has 1 fully saturated rings. The van der Waals surface area contributed by atoms with Crippen molar-refractivity contribution in [1.29, 1.82) is 0 Å². The largest absolute Gasteiger partial charge is 0.478 e. The molecule has 1 aromatic rings. The molecule has 5 heteroatoms. The van der Waals surface area contributed by atoms with Gasteiger partial charge in [-0.1, -0.05) is 11.6 Å². The fourth-order valence-electron chi connectivity index (χ4n) is 1.80. The number of halogens is 1. The van der Waals surface area contributed by atoms with Crippen molar-refractivity contribution in [2.45, 2.75) is 19.4 Å². The standard InChI is InChI=1S/C13H16ClNO2S/c1-13(2,12(16)15-7-8-18-9-15)17-11-5-3-10(14)4-6-11/h3-6H,7-9H2,1-2H3. The summed E-state index contributed by atoms with van der Waals surface area (Å²) in [6.07, 6.45) is 0. The van der Waals surface area contributed by atoms with Crippen molar-refractivity contribution in [1.82, 2.24) is 4.90 Å². The highest BCUT2D eigenvalue weighted by molar-refractivity contribution is 7.99. The minimum Gasteiger partial charge on any atom is -0.478 e. The first-order chi connectivity index (χ1) is 8.49. The third-order valence-corrected chi connectivity index (χ3v) is 3.96. The van der Waals surface area contributed by atoms with Crippen LogP contribution in [0.15, 0.2) is 24.3 Å². The van der Waals surface area contributed by atoms with Gasteiger partial charge < -0.3 is 9.64 Å². The zero-order chi connectivity index (χ0) is 13.2. The first kappa shape index (κ1) is 13.6. The van der Waals surface area contributed by atoms with E-state index in [1.807, 2.05) is 4.90 Å². The molecule has 1 saturated heterocycles. The van der Waals surface area contributed by atoms with E-state index < -0.39 is 5.60 Å². The lowest BCUT2D eigenvalue weighted by Crippen LogP contribution is -2.47. The van der Waals surface area contributed by atoms with Crippen LogP contribution in [-0.4, -0.2) is 34.6 Å². The van der Waals surface area contributed by atoms with Gasteiger partial charge in [-0.15, -0.1) is 11.8 Å². The number of thioether (sulfide) groups is 1. The summed E-state index contributed by atoms with van der Waals surface area (Å²) in [5.74, 6) is 2.45. The molecule has 1 aliphatic heterocycles. The molecule has 0 aliphatic carbocycles. The minimum atomic E-state index is -0.848. The number of hydrogen-bond acceptors (Lipinski definition) is 3. The average molecular weight is 286 g/mol. The molecule has 98 valence electrons. The van der Waals surface area contributed by atoms with Crippen LogP contribution in [0.3, 0.4) is 0 Å². The Morgan fingerprint density at radius 3 is 2.61 bits per heavy atom. The zero-order valence-electron chi connectivity index (χ0n) is 10.5. The number of hydrogen-bond donors (Lipinski definition) is 0. The van der Waals surface area contributed by atoms with Crippen LogP contribution in [0.25, 0.3) is 0 Å². The van der Waals surface area contributed by atoms with E-state index in [1.54, 1.807) is 49.9 Å². The lowest BCUT2D eigenvalue weighted by atomic mass is 10.1. The van der Waals surface area contributed by atoms with Crippen LogP contribution in [0.4, 0.5) is 0 Å². The third kappa shape index (κ3) is 3.12. The van der Waals surface area contributed by atoms with Crippen LogP contribution in [0.2, 0.25) is 5.02 Å². The Hall–Kier alpha value is -0.870. The Morgan fingerprint density at radius 2 is 2.06 bits per heavy atom. The fourth-order valence-corrected chi connectivity index (χ4v) is 2.87. The number of rotatable bonds is 3. The molecule has 0 aromatic heterocycles. The van der Waals surface area contributed by atoms with Crippen molar-refractivity contribution < 1.29 is 9.53 Å². The van der Waals surface area contributed by atoms with Gasteiger partial charge in [0.05, 0.1) is 5.88 Å². The van der Waals surface area contributed by atoms with Crippen molar-refractivity contribution in [3.05, 3.63) is 29.3 Å². The summed E-state index contributed by atoms with van der Waals surface area (Å²) in [5.41, 5.74) is -0.848. The number of ether oxygens (including phenoxy) is 1. The molecule has 1 heterocycles. The van der Waals surface area contributed by atoms with Gasteiger partial charge in [0, 0.05) is 17.3 Å². The number of carbonyl (C=O) groups excluding carboxylic acids is 1. The normalized spacial score (nSPS) is 15.8. The first-order valence-electron chi connectivity index (χ1n) is 5.81. The van der Waals surface area contributed by atoms with Crippen LogP contribution < -0.4 is 4.74 Å². The van der Waals surface area contributed by atoms with Crippen LogP contribution in [0.5, 0.6) is 5.75 Å². The zero-order valence-corrected chi connectivity index (χ0v) is 12.1. The average Bonchev–Trinajstić information content (AvgIpc) is 2.84. The quantitative estimate of drug-likeness (QED) is 0.855. The third-order valence-electron chi connectivity index (χ3n) is 2.74. The molecule has 0 atom stereocenters. The van der Waals surface area contributed by atoms with Gasteiger partial charge in [0.2, 0.25) is 0 Å².